The van der Waals surface area contributed by atoms with E-state index in [0.29, 0.717) is 10.7 Å². The molecule has 1 aromatic carbocycles. The first-order valence-electron chi connectivity index (χ1n) is 6.44. The molecule has 0 aromatic heterocycles. The third-order valence-corrected chi connectivity index (χ3v) is 4.14. The zero-order chi connectivity index (χ0) is 13.4. The molecule has 102 valence electrons. The standard InChI is InChI=1S/C13H17ClN4O/c14-12-5-10(15)2-1-9(12)7-17-3-4-18-11(8-17)6-16-13(18)19/h1-2,5,11H,3-4,6-8,15H2,(H,16,19). The molecule has 1 atom stereocenters. The van der Waals surface area contributed by atoms with Crippen LogP contribution in [0.4, 0.5) is 10.5 Å². The van der Waals surface area contributed by atoms with Crippen LogP contribution in [0.2, 0.25) is 5.02 Å². The van der Waals surface area contributed by atoms with Gasteiger partial charge < -0.3 is 16.0 Å². The summed E-state index contributed by atoms with van der Waals surface area (Å²) in [6, 6.07) is 5.98. The molecule has 2 heterocycles. The van der Waals surface area contributed by atoms with Crippen molar-refractivity contribution in [2.75, 3.05) is 31.9 Å². The molecule has 2 fully saturated rings. The Hall–Kier alpha value is -1.46. The van der Waals surface area contributed by atoms with Gasteiger partial charge >= 0.3 is 6.03 Å². The molecule has 0 spiro atoms. The summed E-state index contributed by atoms with van der Waals surface area (Å²) in [5, 5.41) is 3.59. The summed E-state index contributed by atoms with van der Waals surface area (Å²) >= 11 is 6.20. The highest BCUT2D eigenvalue weighted by molar-refractivity contribution is 6.31. The minimum Gasteiger partial charge on any atom is -0.399 e. The van der Waals surface area contributed by atoms with E-state index in [1.54, 1.807) is 6.07 Å². The molecule has 0 bridgehead atoms. The maximum Gasteiger partial charge on any atom is 0.317 e. The van der Waals surface area contributed by atoms with Crippen molar-refractivity contribution >= 4 is 23.3 Å². The van der Waals surface area contributed by atoms with Crippen LogP contribution in [0.3, 0.4) is 0 Å². The summed E-state index contributed by atoms with van der Waals surface area (Å²) in [5.41, 5.74) is 7.46. The molecule has 1 unspecified atom stereocenters. The molecule has 19 heavy (non-hydrogen) atoms. The summed E-state index contributed by atoms with van der Waals surface area (Å²) in [5.74, 6) is 0. The number of amides is 2. The summed E-state index contributed by atoms with van der Waals surface area (Å²) in [6.07, 6.45) is 0. The van der Waals surface area contributed by atoms with Crippen molar-refractivity contribution in [1.29, 1.82) is 0 Å². The molecule has 2 saturated heterocycles. The number of piperazine rings is 1. The number of carbonyl (C=O) groups excluding carboxylic acids is 1. The van der Waals surface area contributed by atoms with Crippen molar-refractivity contribution in [3.8, 4) is 0 Å². The first-order valence-corrected chi connectivity index (χ1v) is 6.82. The van der Waals surface area contributed by atoms with Crippen molar-refractivity contribution in [2.24, 2.45) is 0 Å². The quantitative estimate of drug-likeness (QED) is 0.799. The number of nitrogens with one attached hydrogen (secondary N) is 1. The Morgan fingerprint density at radius 1 is 1.42 bits per heavy atom. The third kappa shape index (κ3) is 2.48. The molecule has 2 aliphatic rings. The van der Waals surface area contributed by atoms with Crippen LogP contribution in [0, 0.1) is 0 Å². The molecule has 0 saturated carbocycles. The minimum atomic E-state index is 0.0650. The lowest BCUT2D eigenvalue weighted by Gasteiger charge is -2.36. The highest BCUT2D eigenvalue weighted by Crippen LogP contribution is 2.22. The van der Waals surface area contributed by atoms with Crippen LogP contribution >= 0.6 is 11.6 Å². The van der Waals surface area contributed by atoms with Gasteiger partial charge in [-0.1, -0.05) is 17.7 Å². The average Bonchev–Trinajstić information content (AvgIpc) is 2.74. The normalized spacial score (nSPS) is 23.3. The fourth-order valence-electron chi connectivity index (χ4n) is 2.74. The fourth-order valence-corrected chi connectivity index (χ4v) is 2.99. The van der Waals surface area contributed by atoms with Crippen molar-refractivity contribution in [3.63, 3.8) is 0 Å². The smallest absolute Gasteiger partial charge is 0.317 e. The van der Waals surface area contributed by atoms with Crippen molar-refractivity contribution in [1.82, 2.24) is 15.1 Å². The van der Waals surface area contributed by atoms with E-state index >= 15 is 0 Å². The lowest BCUT2D eigenvalue weighted by atomic mass is 10.1. The van der Waals surface area contributed by atoms with Crippen LogP contribution in [0.5, 0.6) is 0 Å². The molecule has 1 aromatic rings. The Morgan fingerprint density at radius 3 is 3.05 bits per heavy atom. The summed E-state index contributed by atoms with van der Waals surface area (Å²) in [4.78, 5) is 15.8. The van der Waals surface area contributed by atoms with Gasteiger partial charge in [0.25, 0.3) is 0 Å². The van der Waals surface area contributed by atoms with Crippen LogP contribution < -0.4 is 11.1 Å². The highest BCUT2D eigenvalue weighted by atomic mass is 35.5. The lowest BCUT2D eigenvalue weighted by Crippen LogP contribution is -2.51. The first kappa shape index (κ1) is 12.6. The number of nitrogens with two attached hydrogens (primary N) is 1. The number of nitrogens with zero attached hydrogens (tertiary/aromatic N) is 2. The molecule has 0 radical (unpaired) electrons. The predicted molar refractivity (Wildman–Crippen MR) is 75.0 cm³/mol. The van der Waals surface area contributed by atoms with Gasteiger partial charge in [0.1, 0.15) is 0 Å². The van der Waals surface area contributed by atoms with E-state index in [0.717, 1.165) is 38.3 Å². The molecule has 2 aliphatic heterocycles. The van der Waals surface area contributed by atoms with Gasteiger partial charge in [0.15, 0.2) is 0 Å². The Bertz CT molecular complexity index is 507. The Labute approximate surface area is 117 Å². The predicted octanol–water partition coefficient (Wildman–Crippen LogP) is 1.13. The van der Waals surface area contributed by atoms with Gasteiger partial charge in [0.2, 0.25) is 0 Å². The minimum absolute atomic E-state index is 0.0650. The zero-order valence-corrected chi connectivity index (χ0v) is 11.4. The molecular formula is C13H17ClN4O. The number of hydrogen-bond acceptors (Lipinski definition) is 3. The molecule has 3 rings (SSSR count). The number of rotatable bonds is 2. The number of urea groups is 1. The van der Waals surface area contributed by atoms with Gasteiger partial charge in [0, 0.05) is 43.4 Å². The van der Waals surface area contributed by atoms with Gasteiger partial charge in [0.05, 0.1) is 6.04 Å². The summed E-state index contributed by atoms with van der Waals surface area (Å²) in [6.45, 7) is 4.09. The topological polar surface area (TPSA) is 61.6 Å². The van der Waals surface area contributed by atoms with E-state index in [9.17, 15) is 4.79 Å². The Morgan fingerprint density at radius 2 is 2.26 bits per heavy atom. The SMILES string of the molecule is Nc1ccc(CN2CCN3C(=O)NCC3C2)c(Cl)c1. The summed E-state index contributed by atoms with van der Waals surface area (Å²) < 4.78 is 0. The van der Waals surface area contributed by atoms with E-state index < -0.39 is 0 Å². The molecule has 5 nitrogen and oxygen atoms in total. The molecule has 2 amide bonds. The maximum absolute atomic E-state index is 11.5. The first-order chi connectivity index (χ1) is 9.13. The monoisotopic (exact) mass is 280 g/mol. The maximum atomic E-state index is 11.5. The number of halogens is 1. The van der Waals surface area contributed by atoms with Crippen LogP contribution in [0.15, 0.2) is 18.2 Å². The average molecular weight is 281 g/mol. The summed E-state index contributed by atoms with van der Waals surface area (Å²) in [7, 11) is 0. The number of nitrogen functional groups attached to an aromatic ring is 1. The number of anilines is 1. The highest BCUT2D eigenvalue weighted by Gasteiger charge is 2.35. The van der Waals surface area contributed by atoms with Crippen molar-refractivity contribution in [3.05, 3.63) is 28.8 Å². The van der Waals surface area contributed by atoms with E-state index in [1.807, 2.05) is 17.0 Å². The number of fused-ring (bicyclic) bond motifs is 1. The van der Waals surface area contributed by atoms with Crippen molar-refractivity contribution < 1.29 is 4.79 Å². The van der Waals surface area contributed by atoms with Gasteiger partial charge in [-0.2, -0.15) is 0 Å². The molecule has 0 aliphatic carbocycles. The number of hydrogen-bond donors (Lipinski definition) is 2. The Balaban J connectivity index is 1.66. The second-order valence-corrected chi connectivity index (χ2v) is 5.53. The second kappa shape index (κ2) is 4.90. The second-order valence-electron chi connectivity index (χ2n) is 5.12. The van der Waals surface area contributed by atoms with E-state index in [1.165, 1.54) is 0 Å². The van der Waals surface area contributed by atoms with Gasteiger partial charge in [-0.05, 0) is 17.7 Å². The fraction of sp³-hybridized carbons (Fsp3) is 0.462. The largest absolute Gasteiger partial charge is 0.399 e. The number of benzene rings is 1. The van der Waals surface area contributed by atoms with E-state index in [2.05, 4.69) is 10.2 Å². The number of carbonyl (C=O) groups is 1. The van der Waals surface area contributed by atoms with Crippen LogP contribution in [-0.2, 0) is 6.54 Å². The van der Waals surface area contributed by atoms with E-state index in [-0.39, 0.29) is 12.1 Å². The van der Waals surface area contributed by atoms with Crippen LogP contribution in [0.1, 0.15) is 5.56 Å². The van der Waals surface area contributed by atoms with Gasteiger partial charge in [-0.25, -0.2) is 4.79 Å². The van der Waals surface area contributed by atoms with Crippen LogP contribution in [-0.4, -0.2) is 48.1 Å². The van der Waals surface area contributed by atoms with E-state index in [4.69, 9.17) is 17.3 Å². The van der Waals surface area contributed by atoms with Gasteiger partial charge in [-0.3, -0.25) is 4.90 Å². The van der Waals surface area contributed by atoms with Crippen molar-refractivity contribution in [2.45, 2.75) is 12.6 Å². The lowest BCUT2D eigenvalue weighted by molar-refractivity contribution is 0.116. The Kier molecular flexibility index (Phi) is 3.24. The van der Waals surface area contributed by atoms with Crippen LogP contribution in [0.25, 0.3) is 0 Å². The molecular weight excluding hydrogens is 264 g/mol. The van der Waals surface area contributed by atoms with Gasteiger partial charge in [-0.15, -0.1) is 0 Å². The molecule has 3 N–H and O–H groups in total. The molecule has 6 heteroatoms. The zero-order valence-electron chi connectivity index (χ0n) is 10.6. The third-order valence-electron chi connectivity index (χ3n) is 3.79.